The van der Waals surface area contributed by atoms with Gasteiger partial charge < -0.3 is 14.9 Å². The molecule has 0 aromatic carbocycles. The first kappa shape index (κ1) is 16.3. The van der Waals surface area contributed by atoms with E-state index in [1.54, 1.807) is 0 Å². The van der Waals surface area contributed by atoms with Crippen molar-refractivity contribution in [3.63, 3.8) is 0 Å². The van der Waals surface area contributed by atoms with Crippen LogP contribution in [0.3, 0.4) is 0 Å². The number of piperidine rings is 1. The van der Waals surface area contributed by atoms with Crippen molar-refractivity contribution < 1.29 is 14.7 Å². The van der Waals surface area contributed by atoms with Crippen molar-refractivity contribution in [2.75, 3.05) is 26.2 Å². The molecule has 0 aromatic rings. The van der Waals surface area contributed by atoms with Gasteiger partial charge in [-0.3, -0.25) is 9.59 Å². The largest absolute Gasteiger partial charge is 0.481 e. The van der Waals surface area contributed by atoms with Gasteiger partial charge in [-0.15, -0.1) is 0 Å². The second kappa shape index (κ2) is 5.95. The number of carboxylic acid groups (broad SMARTS) is 1. The van der Waals surface area contributed by atoms with E-state index in [0.717, 1.165) is 39.0 Å². The van der Waals surface area contributed by atoms with E-state index in [9.17, 15) is 14.7 Å². The van der Waals surface area contributed by atoms with E-state index in [-0.39, 0.29) is 11.8 Å². The van der Waals surface area contributed by atoms with Crippen molar-refractivity contribution in [3.8, 4) is 0 Å². The fourth-order valence-electron chi connectivity index (χ4n) is 3.95. The Morgan fingerprint density at radius 2 is 1.67 bits per heavy atom. The van der Waals surface area contributed by atoms with Gasteiger partial charge in [0.15, 0.2) is 0 Å². The van der Waals surface area contributed by atoms with Gasteiger partial charge in [-0.05, 0) is 31.3 Å². The first-order chi connectivity index (χ1) is 9.84. The Kier molecular flexibility index (Phi) is 4.61. The molecular formula is C16H28N2O3. The smallest absolute Gasteiger partial charge is 0.307 e. The molecule has 2 fully saturated rings. The van der Waals surface area contributed by atoms with Gasteiger partial charge in [0.1, 0.15) is 0 Å². The quantitative estimate of drug-likeness (QED) is 0.838. The Balaban J connectivity index is 1.91. The number of rotatable bonds is 5. The molecule has 5 heteroatoms. The molecular weight excluding hydrogens is 268 g/mol. The molecule has 1 aliphatic carbocycles. The van der Waals surface area contributed by atoms with Crippen LogP contribution in [0.15, 0.2) is 0 Å². The van der Waals surface area contributed by atoms with E-state index >= 15 is 0 Å². The lowest BCUT2D eigenvalue weighted by Gasteiger charge is -2.38. The minimum atomic E-state index is -0.837. The number of hydrogen-bond donors (Lipinski definition) is 1. The Hall–Kier alpha value is -1.10. The predicted octanol–water partition coefficient (Wildman–Crippen LogP) is 1.68. The van der Waals surface area contributed by atoms with Crippen LogP contribution in [0.1, 0.15) is 40.5 Å². The molecule has 2 aliphatic rings. The van der Waals surface area contributed by atoms with Crippen LogP contribution in [-0.2, 0) is 9.59 Å². The highest BCUT2D eigenvalue weighted by Crippen LogP contribution is 2.59. The molecule has 2 atom stereocenters. The summed E-state index contributed by atoms with van der Waals surface area (Å²) in [6.07, 6.45) is 2.00. The van der Waals surface area contributed by atoms with Gasteiger partial charge in [-0.2, -0.15) is 0 Å². The highest BCUT2D eigenvalue weighted by Gasteiger charge is 2.66. The Bertz CT molecular complexity index is 410. The predicted molar refractivity (Wildman–Crippen MR) is 80.9 cm³/mol. The normalized spacial score (nSPS) is 28.7. The second-order valence-electron chi connectivity index (χ2n) is 6.89. The summed E-state index contributed by atoms with van der Waals surface area (Å²) in [4.78, 5) is 28.1. The van der Waals surface area contributed by atoms with E-state index < -0.39 is 17.3 Å². The van der Waals surface area contributed by atoms with Crippen LogP contribution < -0.4 is 0 Å². The third-order valence-electron chi connectivity index (χ3n) is 5.46. The zero-order valence-corrected chi connectivity index (χ0v) is 13.6. The van der Waals surface area contributed by atoms with Crippen molar-refractivity contribution in [2.24, 2.45) is 17.3 Å². The van der Waals surface area contributed by atoms with E-state index in [1.807, 2.05) is 18.7 Å². The standard InChI is InChI=1S/C16H28N2O3/c1-5-17(6-2)11-7-9-18(10-8-11)14(19)12-13(15(20)21)16(12,3)4/h11-13H,5-10H2,1-4H3,(H,20,21)/t12-,13+/m1/s1. The maximum absolute atomic E-state index is 12.6. The van der Waals surface area contributed by atoms with Crippen LogP contribution in [0.25, 0.3) is 0 Å². The number of carbonyl (C=O) groups is 2. The summed E-state index contributed by atoms with van der Waals surface area (Å²) in [5.41, 5.74) is -0.390. The van der Waals surface area contributed by atoms with Crippen molar-refractivity contribution in [1.29, 1.82) is 0 Å². The van der Waals surface area contributed by atoms with Crippen LogP contribution in [0.4, 0.5) is 0 Å². The summed E-state index contributed by atoms with van der Waals surface area (Å²) in [5.74, 6) is -1.63. The highest BCUT2D eigenvalue weighted by atomic mass is 16.4. The van der Waals surface area contributed by atoms with E-state index in [0.29, 0.717) is 6.04 Å². The molecule has 0 unspecified atom stereocenters. The molecule has 1 heterocycles. The molecule has 5 nitrogen and oxygen atoms in total. The first-order valence-electron chi connectivity index (χ1n) is 8.10. The zero-order chi connectivity index (χ0) is 15.8. The molecule has 0 bridgehead atoms. The van der Waals surface area contributed by atoms with Crippen LogP contribution in [-0.4, -0.2) is 59.0 Å². The van der Waals surface area contributed by atoms with Crippen molar-refractivity contribution in [3.05, 3.63) is 0 Å². The number of hydrogen-bond acceptors (Lipinski definition) is 3. The maximum atomic E-state index is 12.6. The van der Waals surface area contributed by atoms with E-state index in [2.05, 4.69) is 18.7 Å². The monoisotopic (exact) mass is 296 g/mol. The van der Waals surface area contributed by atoms with E-state index in [1.165, 1.54) is 0 Å². The third kappa shape index (κ3) is 2.93. The number of carbonyl (C=O) groups excluding carboxylic acids is 1. The van der Waals surface area contributed by atoms with Crippen LogP contribution in [0.5, 0.6) is 0 Å². The van der Waals surface area contributed by atoms with Gasteiger partial charge in [-0.1, -0.05) is 27.7 Å². The molecule has 21 heavy (non-hydrogen) atoms. The third-order valence-corrected chi connectivity index (χ3v) is 5.46. The van der Waals surface area contributed by atoms with E-state index in [4.69, 9.17) is 0 Å². The lowest BCUT2D eigenvalue weighted by molar-refractivity contribution is -0.142. The SMILES string of the molecule is CCN(CC)C1CCN(C(=O)[C@H]2[C@@H](C(=O)O)C2(C)C)CC1. The summed E-state index contributed by atoms with van der Waals surface area (Å²) in [5, 5.41) is 9.21. The van der Waals surface area contributed by atoms with Gasteiger partial charge in [0, 0.05) is 19.1 Å². The first-order valence-corrected chi connectivity index (χ1v) is 8.10. The van der Waals surface area contributed by atoms with Crippen molar-refractivity contribution in [1.82, 2.24) is 9.80 Å². The zero-order valence-electron chi connectivity index (χ0n) is 13.6. The number of aliphatic carboxylic acids is 1. The number of amides is 1. The minimum absolute atomic E-state index is 0.0467. The Labute approximate surface area is 127 Å². The average molecular weight is 296 g/mol. The molecule has 120 valence electrons. The van der Waals surface area contributed by atoms with Crippen molar-refractivity contribution in [2.45, 2.75) is 46.6 Å². The van der Waals surface area contributed by atoms with Crippen LogP contribution >= 0.6 is 0 Å². The summed E-state index contributed by atoms with van der Waals surface area (Å²) in [7, 11) is 0. The molecule has 1 saturated carbocycles. The Morgan fingerprint density at radius 3 is 2.05 bits per heavy atom. The van der Waals surface area contributed by atoms with Gasteiger partial charge in [0.05, 0.1) is 11.8 Å². The molecule has 0 aromatic heterocycles. The summed E-state index contributed by atoms with van der Waals surface area (Å²) in [6.45, 7) is 11.7. The highest BCUT2D eigenvalue weighted by molar-refractivity contribution is 5.91. The molecule has 1 amide bonds. The summed E-state index contributed by atoms with van der Waals surface area (Å²) in [6, 6.07) is 0.562. The minimum Gasteiger partial charge on any atom is -0.481 e. The topological polar surface area (TPSA) is 60.9 Å². The number of carboxylic acids is 1. The summed E-state index contributed by atoms with van der Waals surface area (Å²) >= 11 is 0. The molecule has 0 radical (unpaired) electrons. The van der Waals surface area contributed by atoms with Gasteiger partial charge >= 0.3 is 5.97 Å². The summed E-state index contributed by atoms with van der Waals surface area (Å²) < 4.78 is 0. The van der Waals surface area contributed by atoms with Gasteiger partial charge in [-0.25, -0.2) is 0 Å². The molecule has 1 aliphatic heterocycles. The Morgan fingerprint density at radius 1 is 1.14 bits per heavy atom. The average Bonchev–Trinajstić information content (AvgIpc) is 3.03. The maximum Gasteiger partial charge on any atom is 0.307 e. The molecule has 1 N–H and O–H groups in total. The van der Waals surface area contributed by atoms with Gasteiger partial charge in [0.25, 0.3) is 0 Å². The van der Waals surface area contributed by atoms with Crippen LogP contribution in [0.2, 0.25) is 0 Å². The molecule has 2 rings (SSSR count). The molecule has 1 saturated heterocycles. The van der Waals surface area contributed by atoms with Crippen molar-refractivity contribution >= 4 is 11.9 Å². The fraction of sp³-hybridized carbons (Fsp3) is 0.875. The lowest BCUT2D eigenvalue weighted by Crippen LogP contribution is -2.47. The number of nitrogens with zero attached hydrogens (tertiary/aromatic N) is 2. The lowest BCUT2D eigenvalue weighted by atomic mass is 10.0. The molecule has 0 spiro atoms. The van der Waals surface area contributed by atoms with Crippen LogP contribution in [0, 0.1) is 17.3 Å². The second-order valence-corrected chi connectivity index (χ2v) is 6.89. The number of likely N-dealkylation sites (tertiary alicyclic amines) is 1. The van der Waals surface area contributed by atoms with Gasteiger partial charge in [0.2, 0.25) is 5.91 Å². The fourth-order valence-corrected chi connectivity index (χ4v) is 3.95.